The summed E-state index contributed by atoms with van der Waals surface area (Å²) >= 11 is 0. The molecule has 1 N–H and O–H groups in total. The highest BCUT2D eigenvalue weighted by Crippen LogP contribution is 2.38. The molecule has 0 radical (unpaired) electrons. The van der Waals surface area contributed by atoms with Gasteiger partial charge in [0.25, 0.3) is 7.82 Å². The minimum absolute atomic E-state index is 0.0188. The molecule has 9 nitrogen and oxygen atoms in total. The smallest absolute Gasteiger partial charge is 0.306 e. The largest absolute Gasteiger partial charge is 0.756 e. The number of rotatable bonds is 67. The lowest BCUT2D eigenvalue weighted by atomic mass is 10.0. The van der Waals surface area contributed by atoms with E-state index in [1.807, 2.05) is 33.3 Å². The number of nitrogens with one attached hydrogen (secondary N) is 1. The van der Waals surface area contributed by atoms with Crippen LogP contribution in [0.5, 0.6) is 0 Å². The van der Waals surface area contributed by atoms with E-state index in [0.717, 1.165) is 64.2 Å². The van der Waals surface area contributed by atoms with Gasteiger partial charge in [0.2, 0.25) is 5.91 Å². The van der Waals surface area contributed by atoms with Crippen molar-refractivity contribution in [2.75, 3.05) is 40.9 Å². The van der Waals surface area contributed by atoms with Gasteiger partial charge in [-0.3, -0.25) is 14.2 Å². The second kappa shape index (κ2) is 63.3. The number of nitrogens with zero attached hydrogens (tertiary/aromatic N) is 1. The highest BCUT2D eigenvalue weighted by molar-refractivity contribution is 7.45. The number of phosphoric acid groups is 1. The van der Waals surface area contributed by atoms with Crippen LogP contribution in [0.15, 0.2) is 36.5 Å². The summed E-state index contributed by atoms with van der Waals surface area (Å²) < 4.78 is 30.5. The first kappa shape index (κ1) is 81.2. The van der Waals surface area contributed by atoms with Crippen molar-refractivity contribution in [3.8, 4) is 0 Å². The zero-order valence-electron chi connectivity index (χ0n) is 56.2. The number of carbonyl (C=O) groups excluding carboxylic acids is 2. The zero-order chi connectivity index (χ0) is 60.7. The number of hydrogen-bond acceptors (Lipinski definition) is 7. The van der Waals surface area contributed by atoms with Crippen LogP contribution in [0.25, 0.3) is 0 Å². The minimum Gasteiger partial charge on any atom is -0.756 e. The summed E-state index contributed by atoms with van der Waals surface area (Å²) in [5, 5.41) is 3.05. The number of carbonyl (C=O) groups is 2. The van der Waals surface area contributed by atoms with E-state index in [0.29, 0.717) is 17.4 Å². The van der Waals surface area contributed by atoms with Crippen LogP contribution in [-0.2, 0) is 27.9 Å². The third kappa shape index (κ3) is 64.5. The summed E-state index contributed by atoms with van der Waals surface area (Å²) in [6, 6.07) is -0.884. The standard InChI is InChI=1S/C73H141N2O7P/c1-7-10-13-16-19-22-25-27-29-31-33-35-36-37-38-40-42-44-46-48-51-54-57-60-63-66-73(77)82-71(64-61-58-55-52-49-24-21-18-15-12-9-3)70(69-81-83(78,79)80-68-67-75(4,5)6)74-72(76)65-62-59-56-53-50-47-45-43-41-39-34-32-30-28-26-23-20-17-14-11-8-2/h19,22,27,29,61,64,70-71H,7-18,20-21,23-26,28,30-60,62-63,65-69H2,1-6H3,(H-,74,76,78,79)/b22-19-,29-27-,64-61+. The fourth-order valence-electron chi connectivity index (χ4n) is 11.0. The Hall–Kier alpha value is -1.77. The molecule has 0 rings (SSSR count). The number of ether oxygens (including phenoxy) is 1. The molecule has 1 amide bonds. The van der Waals surface area contributed by atoms with Crippen LogP contribution in [0.4, 0.5) is 0 Å². The Balaban J connectivity index is 4.96. The van der Waals surface area contributed by atoms with Gasteiger partial charge in [-0.15, -0.1) is 0 Å². The maximum Gasteiger partial charge on any atom is 0.306 e. The van der Waals surface area contributed by atoms with Gasteiger partial charge in [-0.1, -0.05) is 327 Å². The Morgan fingerprint density at radius 1 is 0.422 bits per heavy atom. The van der Waals surface area contributed by atoms with Gasteiger partial charge < -0.3 is 28.5 Å². The van der Waals surface area contributed by atoms with Crippen molar-refractivity contribution in [1.29, 1.82) is 0 Å². The van der Waals surface area contributed by atoms with Crippen LogP contribution in [0.1, 0.15) is 367 Å². The monoisotopic (exact) mass is 1190 g/mol. The molecule has 10 heteroatoms. The molecule has 0 heterocycles. The molecule has 490 valence electrons. The second-order valence-corrected chi connectivity index (χ2v) is 27.5. The van der Waals surface area contributed by atoms with E-state index in [4.69, 9.17) is 13.8 Å². The molecule has 0 aliphatic rings. The Morgan fingerprint density at radius 2 is 0.735 bits per heavy atom. The summed E-state index contributed by atoms with van der Waals surface area (Å²) in [6.07, 6.45) is 78.5. The average Bonchev–Trinajstić information content (AvgIpc) is 3.51. The van der Waals surface area contributed by atoms with E-state index in [1.54, 1.807) is 0 Å². The third-order valence-electron chi connectivity index (χ3n) is 16.6. The molecular formula is C73H141N2O7P. The summed E-state index contributed by atoms with van der Waals surface area (Å²) in [5.74, 6) is -0.520. The maximum absolute atomic E-state index is 13.6. The molecule has 0 aromatic carbocycles. The number of amides is 1. The lowest BCUT2D eigenvalue weighted by Gasteiger charge is -2.30. The predicted octanol–water partition coefficient (Wildman–Crippen LogP) is 22.4. The number of quaternary nitrogens is 1. The average molecular weight is 1190 g/mol. The van der Waals surface area contributed by atoms with Crippen molar-refractivity contribution in [1.82, 2.24) is 5.32 Å². The highest BCUT2D eigenvalue weighted by atomic mass is 31.2. The SMILES string of the molecule is CCCCC/C=C\C/C=C\CCCCCCCCCCCCCCCCCC(=O)OC(/C=C/CCCCCCCCCCC)C(COP(=O)([O-])OCC[N+](C)(C)C)NC(=O)CCCCCCCCCCCCCCCCCCCCCCC. The van der Waals surface area contributed by atoms with Crippen LogP contribution in [0, 0.1) is 0 Å². The Kier molecular flexibility index (Phi) is 61.9. The number of allylic oxidation sites excluding steroid dienone is 5. The molecule has 0 saturated heterocycles. The van der Waals surface area contributed by atoms with E-state index in [-0.39, 0.29) is 31.5 Å². The first-order valence-electron chi connectivity index (χ1n) is 36.3. The molecule has 0 aromatic heterocycles. The first-order chi connectivity index (χ1) is 40.4. The lowest BCUT2D eigenvalue weighted by Crippen LogP contribution is -2.47. The van der Waals surface area contributed by atoms with Crippen LogP contribution in [0.3, 0.4) is 0 Å². The Morgan fingerprint density at radius 3 is 1.11 bits per heavy atom. The summed E-state index contributed by atoms with van der Waals surface area (Å²) in [6.45, 7) is 6.88. The molecule has 3 unspecified atom stereocenters. The molecular weight excluding hydrogens is 1050 g/mol. The predicted molar refractivity (Wildman–Crippen MR) is 358 cm³/mol. The topological polar surface area (TPSA) is 114 Å². The van der Waals surface area contributed by atoms with Crippen LogP contribution < -0.4 is 10.2 Å². The molecule has 0 spiro atoms. The van der Waals surface area contributed by atoms with Crippen LogP contribution >= 0.6 is 7.82 Å². The fourth-order valence-corrected chi connectivity index (χ4v) is 11.7. The number of hydrogen-bond donors (Lipinski definition) is 1. The van der Waals surface area contributed by atoms with E-state index in [1.165, 1.54) is 270 Å². The van der Waals surface area contributed by atoms with Gasteiger partial charge in [0.1, 0.15) is 19.3 Å². The number of phosphoric ester groups is 1. The number of likely N-dealkylation sites (N-methyl/N-ethyl adjacent to an activating group) is 1. The van der Waals surface area contributed by atoms with Crippen molar-refractivity contribution in [2.24, 2.45) is 0 Å². The normalized spacial score (nSPS) is 13.7. The molecule has 3 atom stereocenters. The first-order valence-corrected chi connectivity index (χ1v) is 37.8. The van der Waals surface area contributed by atoms with Gasteiger partial charge in [0, 0.05) is 12.8 Å². The Bertz CT molecular complexity index is 1510. The molecule has 0 saturated carbocycles. The molecule has 0 aliphatic heterocycles. The van der Waals surface area contributed by atoms with Gasteiger partial charge in [0.05, 0.1) is 33.8 Å². The van der Waals surface area contributed by atoms with Crippen molar-refractivity contribution >= 4 is 19.7 Å². The minimum atomic E-state index is -4.70. The maximum atomic E-state index is 13.6. The summed E-state index contributed by atoms with van der Waals surface area (Å²) in [4.78, 5) is 40.2. The van der Waals surface area contributed by atoms with Gasteiger partial charge in [-0.05, 0) is 63.9 Å². The van der Waals surface area contributed by atoms with Crippen molar-refractivity contribution in [2.45, 2.75) is 380 Å². The van der Waals surface area contributed by atoms with Crippen molar-refractivity contribution in [3.05, 3.63) is 36.5 Å². The lowest BCUT2D eigenvalue weighted by molar-refractivity contribution is -0.870. The number of esters is 1. The number of unbranched alkanes of at least 4 members (excludes halogenated alkanes) is 47. The van der Waals surface area contributed by atoms with Gasteiger partial charge in [-0.25, -0.2) is 0 Å². The molecule has 0 aliphatic carbocycles. The van der Waals surface area contributed by atoms with E-state index in [9.17, 15) is 19.0 Å². The molecule has 0 bridgehead atoms. The molecule has 0 aromatic rings. The van der Waals surface area contributed by atoms with Gasteiger partial charge >= 0.3 is 5.97 Å². The Labute approximate surface area is 516 Å². The van der Waals surface area contributed by atoms with E-state index < -0.39 is 20.0 Å². The zero-order valence-corrected chi connectivity index (χ0v) is 57.1. The highest BCUT2D eigenvalue weighted by Gasteiger charge is 2.27. The van der Waals surface area contributed by atoms with Gasteiger partial charge in [0.15, 0.2) is 0 Å². The summed E-state index contributed by atoms with van der Waals surface area (Å²) in [7, 11) is 1.20. The van der Waals surface area contributed by atoms with Crippen LogP contribution in [0.2, 0.25) is 0 Å². The van der Waals surface area contributed by atoms with Crippen molar-refractivity contribution in [3.63, 3.8) is 0 Å². The van der Waals surface area contributed by atoms with Gasteiger partial charge in [-0.2, -0.15) is 0 Å². The second-order valence-electron chi connectivity index (χ2n) is 26.1. The molecule has 83 heavy (non-hydrogen) atoms. The van der Waals surface area contributed by atoms with E-state index in [2.05, 4.69) is 50.4 Å². The fraction of sp³-hybridized carbons (Fsp3) is 0.890. The van der Waals surface area contributed by atoms with E-state index >= 15 is 0 Å². The van der Waals surface area contributed by atoms with Crippen molar-refractivity contribution < 1.29 is 37.3 Å². The third-order valence-corrected chi connectivity index (χ3v) is 17.5. The quantitative estimate of drug-likeness (QED) is 0.0212. The molecule has 0 fully saturated rings. The van der Waals surface area contributed by atoms with Crippen LogP contribution in [-0.4, -0.2) is 69.4 Å². The summed E-state index contributed by atoms with van der Waals surface area (Å²) in [5.41, 5.74) is 0.